The normalized spacial score (nSPS) is 26.3. The number of amides is 2. The number of nitrogens with zero attached hydrogens (tertiary/aromatic N) is 2. The highest BCUT2D eigenvalue weighted by atomic mass is 16.5. The van der Waals surface area contributed by atoms with Gasteiger partial charge < -0.3 is 15.0 Å². The SMILES string of the molecule is Cc1cccc(C2=CCN(C(=O)NCC3CN4CCCC4CO3)CC2)c1. The lowest BCUT2D eigenvalue weighted by Gasteiger charge is -2.35. The van der Waals surface area contributed by atoms with Crippen LogP contribution >= 0.6 is 0 Å². The Morgan fingerprint density at radius 2 is 2.27 bits per heavy atom. The van der Waals surface area contributed by atoms with Gasteiger partial charge in [0.05, 0.1) is 12.7 Å². The molecule has 0 bridgehead atoms. The summed E-state index contributed by atoms with van der Waals surface area (Å²) >= 11 is 0. The monoisotopic (exact) mass is 355 g/mol. The number of urea groups is 1. The summed E-state index contributed by atoms with van der Waals surface area (Å²) in [6.07, 6.45) is 5.74. The summed E-state index contributed by atoms with van der Waals surface area (Å²) in [6, 6.07) is 9.21. The summed E-state index contributed by atoms with van der Waals surface area (Å²) in [6.45, 7) is 7.10. The number of aryl methyl sites for hydroxylation is 1. The van der Waals surface area contributed by atoms with Gasteiger partial charge in [0.1, 0.15) is 0 Å². The zero-order chi connectivity index (χ0) is 17.9. The molecule has 4 rings (SSSR count). The van der Waals surface area contributed by atoms with Gasteiger partial charge in [-0.15, -0.1) is 0 Å². The van der Waals surface area contributed by atoms with Gasteiger partial charge in [0.25, 0.3) is 0 Å². The largest absolute Gasteiger partial charge is 0.373 e. The fourth-order valence-corrected chi connectivity index (χ4v) is 4.28. The average molecular weight is 355 g/mol. The highest BCUT2D eigenvalue weighted by Crippen LogP contribution is 2.24. The second-order valence-corrected chi connectivity index (χ2v) is 7.73. The summed E-state index contributed by atoms with van der Waals surface area (Å²) < 4.78 is 5.93. The van der Waals surface area contributed by atoms with Crippen molar-refractivity contribution in [2.24, 2.45) is 0 Å². The molecule has 5 nitrogen and oxygen atoms in total. The standard InChI is InChI=1S/C21H29N3O2/c1-16-4-2-5-18(12-16)17-7-10-23(11-8-17)21(25)22-13-20-14-24-9-3-6-19(24)15-26-20/h2,4-5,7,12,19-20H,3,6,8-11,13-15H2,1H3,(H,22,25). The minimum absolute atomic E-state index is 0.0247. The number of hydrogen-bond acceptors (Lipinski definition) is 3. The van der Waals surface area contributed by atoms with E-state index in [1.165, 1.54) is 36.1 Å². The lowest BCUT2D eigenvalue weighted by Crippen LogP contribution is -2.52. The molecule has 0 aliphatic carbocycles. The smallest absolute Gasteiger partial charge is 0.317 e. The van der Waals surface area contributed by atoms with Gasteiger partial charge in [-0.3, -0.25) is 4.90 Å². The number of hydrogen-bond donors (Lipinski definition) is 1. The zero-order valence-corrected chi connectivity index (χ0v) is 15.6. The third kappa shape index (κ3) is 3.94. The van der Waals surface area contributed by atoms with E-state index in [9.17, 15) is 4.79 Å². The van der Waals surface area contributed by atoms with Crippen LogP contribution in [0.2, 0.25) is 0 Å². The summed E-state index contributed by atoms with van der Waals surface area (Å²) in [4.78, 5) is 16.9. The Balaban J connectivity index is 1.26. The van der Waals surface area contributed by atoms with Crippen molar-refractivity contribution in [3.8, 4) is 0 Å². The Labute approximate surface area is 156 Å². The van der Waals surface area contributed by atoms with Crippen LogP contribution in [-0.2, 0) is 4.74 Å². The molecule has 26 heavy (non-hydrogen) atoms. The number of morpholine rings is 1. The van der Waals surface area contributed by atoms with E-state index in [4.69, 9.17) is 4.74 Å². The third-order valence-electron chi connectivity index (χ3n) is 5.83. The molecule has 1 aromatic rings. The average Bonchev–Trinajstić information content (AvgIpc) is 3.14. The highest BCUT2D eigenvalue weighted by molar-refractivity contribution is 5.76. The molecule has 2 atom stereocenters. The Morgan fingerprint density at radius 1 is 1.35 bits per heavy atom. The maximum absolute atomic E-state index is 12.5. The van der Waals surface area contributed by atoms with Crippen LogP contribution in [0.15, 0.2) is 30.3 Å². The molecule has 2 saturated heterocycles. The van der Waals surface area contributed by atoms with E-state index in [1.54, 1.807) is 0 Å². The van der Waals surface area contributed by atoms with E-state index >= 15 is 0 Å². The molecular formula is C21H29N3O2. The summed E-state index contributed by atoms with van der Waals surface area (Å²) in [5, 5.41) is 3.07. The molecule has 1 N–H and O–H groups in total. The van der Waals surface area contributed by atoms with Gasteiger partial charge in [-0.05, 0) is 43.9 Å². The topological polar surface area (TPSA) is 44.8 Å². The lowest BCUT2D eigenvalue weighted by atomic mass is 9.98. The molecule has 2 fully saturated rings. The minimum atomic E-state index is 0.0247. The maximum atomic E-state index is 12.5. The predicted molar refractivity (Wildman–Crippen MR) is 103 cm³/mol. The number of fused-ring (bicyclic) bond motifs is 1. The quantitative estimate of drug-likeness (QED) is 0.907. The first-order chi connectivity index (χ1) is 12.7. The van der Waals surface area contributed by atoms with Gasteiger partial charge in [0.15, 0.2) is 0 Å². The molecule has 2 unspecified atom stereocenters. The van der Waals surface area contributed by atoms with Crippen molar-refractivity contribution >= 4 is 11.6 Å². The molecule has 0 saturated carbocycles. The Kier molecular flexibility index (Phi) is 5.27. The van der Waals surface area contributed by atoms with E-state index in [2.05, 4.69) is 47.5 Å². The van der Waals surface area contributed by atoms with Gasteiger partial charge in [0, 0.05) is 32.2 Å². The molecule has 2 amide bonds. The number of nitrogens with one attached hydrogen (secondary N) is 1. The highest BCUT2D eigenvalue weighted by Gasteiger charge is 2.32. The van der Waals surface area contributed by atoms with E-state index in [0.29, 0.717) is 19.1 Å². The second-order valence-electron chi connectivity index (χ2n) is 7.73. The van der Waals surface area contributed by atoms with Crippen molar-refractivity contribution in [3.05, 3.63) is 41.5 Å². The van der Waals surface area contributed by atoms with Crippen LogP contribution in [0.5, 0.6) is 0 Å². The van der Waals surface area contributed by atoms with E-state index in [0.717, 1.165) is 26.1 Å². The van der Waals surface area contributed by atoms with Crippen LogP contribution < -0.4 is 5.32 Å². The van der Waals surface area contributed by atoms with Crippen molar-refractivity contribution in [2.75, 3.05) is 39.3 Å². The van der Waals surface area contributed by atoms with Gasteiger partial charge in [-0.1, -0.05) is 35.9 Å². The zero-order valence-electron chi connectivity index (χ0n) is 15.6. The summed E-state index contributed by atoms with van der Waals surface area (Å²) in [7, 11) is 0. The molecule has 3 heterocycles. The van der Waals surface area contributed by atoms with Gasteiger partial charge in [-0.2, -0.15) is 0 Å². The summed E-state index contributed by atoms with van der Waals surface area (Å²) in [5.74, 6) is 0. The number of ether oxygens (including phenoxy) is 1. The van der Waals surface area contributed by atoms with Gasteiger partial charge >= 0.3 is 6.03 Å². The van der Waals surface area contributed by atoms with Crippen LogP contribution in [-0.4, -0.2) is 67.3 Å². The molecule has 0 radical (unpaired) electrons. The van der Waals surface area contributed by atoms with Gasteiger partial charge in [0.2, 0.25) is 0 Å². The van der Waals surface area contributed by atoms with Crippen LogP contribution in [0.1, 0.15) is 30.4 Å². The molecule has 0 aromatic heterocycles. The number of carbonyl (C=O) groups excluding carboxylic acids is 1. The van der Waals surface area contributed by atoms with E-state index < -0.39 is 0 Å². The third-order valence-corrected chi connectivity index (χ3v) is 5.83. The fraction of sp³-hybridized carbons (Fsp3) is 0.571. The van der Waals surface area contributed by atoms with Crippen molar-refractivity contribution < 1.29 is 9.53 Å². The molecular weight excluding hydrogens is 326 g/mol. The molecule has 3 aliphatic rings. The van der Waals surface area contributed by atoms with Crippen LogP contribution in [0, 0.1) is 6.92 Å². The number of benzene rings is 1. The fourth-order valence-electron chi connectivity index (χ4n) is 4.28. The van der Waals surface area contributed by atoms with Crippen molar-refractivity contribution in [3.63, 3.8) is 0 Å². The minimum Gasteiger partial charge on any atom is -0.373 e. The Morgan fingerprint density at radius 3 is 3.08 bits per heavy atom. The van der Waals surface area contributed by atoms with Crippen molar-refractivity contribution in [1.82, 2.24) is 15.1 Å². The van der Waals surface area contributed by atoms with Gasteiger partial charge in [-0.25, -0.2) is 4.79 Å². The van der Waals surface area contributed by atoms with E-state index in [1.807, 2.05) is 4.90 Å². The van der Waals surface area contributed by atoms with Crippen LogP contribution in [0.3, 0.4) is 0 Å². The molecule has 5 heteroatoms. The van der Waals surface area contributed by atoms with Crippen molar-refractivity contribution in [1.29, 1.82) is 0 Å². The van der Waals surface area contributed by atoms with Crippen LogP contribution in [0.25, 0.3) is 5.57 Å². The molecule has 3 aliphatic heterocycles. The molecule has 140 valence electrons. The van der Waals surface area contributed by atoms with E-state index in [-0.39, 0.29) is 12.1 Å². The Hall–Kier alpha value is -1.85. The number of carbonyl (C=O) groups is 1. The summed E-state index contributed by atoms with van der Waals surface area (Å²) in [5.41, 5.74) is 3.89. The molecule has 1 aromatic carbocycles. The number of rotatable bonds is 3. The second kappa shape index (κ2) is 7.80. The first-order valence-corrected chi connectivity index (χ1v) is 9.83. The Bertz CT molecular complexity index is 688. The lowest BCUT2D eigenvalue weighted by molar-refractivity contribution is -0.0460. The molecule has 0 spiro atoms. The predicted octanol–water partition coefficient (Wildman–Crippen LogP) is 2.66. The van der Waals surface area contributed by atoms with Crippen LogP contribution in [0.4, 0.5) is 4.79 Å². The van der Waals surface area contributed by atoms with Crippen molar-refractivity contribution in [2.45, 2.75) is 38.3 Å². The first kappa shape index (κ1) is 17.6. The maximum Gasteiger partial charge on any atom is 0.317 e. The first-order valence-electron chi connectivity index (χ1n) is 9.83.